The number of hydrogen-bond donors (Lipinski definition) is 2. The fourth-order valence-electron chi connectivity index (χ4n) is 3.19. The molecule has 0 unspecified atom stereocenters. The molecule has 0 saturated carbocycles. The highest BCUT2D eigenvalue weighted by molar-refractivity contribution is 5.97. The van der Waals surface area contributed by atoms with E-state index in [-0.39, 0.29) is 18.4 Å². The van der Waals surface area contributed by atoms with Gasteiger partial charge in [-0.3, -0.25) is 14.5 Å². The molecule has 3 rings (SSSR count). The second-order valence-corrected chi connectivity index (χ2v) is 6.02. The van der Waals surface area contributed by atoms with Crippen LogP contribution in [0.4, 0.5) is 0 Å². The van der Waals surface area contributed by atoms with E-state index in [1.54, 1.807) is 4.90 Å². The lowest BCUT2D eigenvalue weighted by Crippen LogP contribution is -2.69. The maximum Gasteiger partial charge on any atom is 0.248 e. The zero-order valence-corrected chi connectivity index (χ0v) is 12.7. The Morgan fingerprint density at radius 3 is 2.86 bits per heavy atom. The third kappa shape index (κ3) is 2.84. The minimum atomic E-state index is -0.785. The lowest BCUT2D eigenvalue weighted by Gasteiger charge is -2.45. The molecule has 0 aliphatic carbocycles. The van der Waals surface area contributed by atoms with E-state index in [1.165, 1.54) is 11.1 Å². The quantitative estimate of drug-likeness (QED) is 0.789. The van der Waals surface area contributed by atoms with Gasteiger partial charge in [0.1, 0.15) is 12.1 Å². The number of nitrogens with zero attached hydrogens (tertiary/aromatic N) is 2. The van der Waals surface area contributed by atoms with Crippen LogP contribution in [0.15, 0.2) is 24.3 Å². The van der Waals surface area contributed by atoms with Crippen LogP contribution in [-0.2, 0) is 16.1 Å². The fourth-order valence-corrected chi connectivity index (χ4v) is 3.19. The monoisotopic (exact) mass is 303 g/mol. The number of amides is 2. The number of benzene rings is 1. The fraction of sp³-hybridized carbons (Fsp3) is 0.500. The molecule has 0 spiro atoms. The van der Waals surface area contributed by atoms with Crippen molar-refractivity contribution >= 4 is 11.8 Å². The van der Waals surface area contributed by atoms with Gasteiger partial charge in [0.2, 0.25) is 11.8 Å². The summed E-state index contributed by atoms with van der Waals surface area (Å²) in [6, 6.07) is 7.07. The summed E-state index contributed by atoms with van der Waals surface area (Å²) >= 11 is 0. The second-order valence-electron chi connectivity index (χ2n) is 6.02. The van der Waals surface area contributed by atoms with Crippen LogP contribution in [0.3, 0.4) is 0 Å². The number of hydrogen-bond acceptors (Lipinski definition) is 4. The molecule has 0 aromatic heterocycles. The van der Waals surface area contributed by atoms with Crippen molar-refractivity contribution < 1.29 is 14.7 Å². The molecule has 2 amide bonds. The minimum Gasteiger partial charge on any atom is -0.394 e. The number of aliphatic hydroxyl groups excluding tert-OH is 1. The normalized spacial score (nSPS) is 25.8. The standard InChI is InChI=1S/C16H21N3O3/c1-11-3-2-4-12(7-11)8-18-5-6-19-14(9-18)15(21)17-13(10-20)16(19)22/h2-4,7,13-14,20H,5-6,8-10H2,1H3,(H,17,21)/t13-,14-/m1/s1. The Labute approximate surface area is 129 Å². The molecule has 2 N–H and O–H groups in total. The summed E-state index contributed by atoms with van der Waals surface area (Å²) in [4.78, 5) is 28.1. The van der Waals surface area contributed by atoms with Crippen LogP contribution in [-0.4, -0.2) is 65.0 Å². The Morgan fingerprint density at radius 1 is 1.32 bits per heavy atom. The molecule has 2 aliphatic heterocycles. The highest BCUT2D eigenvalue weighted by atomic mass is 16.3. The van der Waals surface area contributed by atoms with Crippen molar-refractivity contribution in [3.63, 3.8) is 0 Å². The van der Waals surface area contributed by atoms with E-state index in [2.05, 4.69) is 35.3 Å². The topological polar surface area (TPSA) is 72.9 Å². The Kier molecular flexibility index (Phi) is 4.13. The molecule has 2 heterocycles. The zero-order valence-electron chi connectivity index (χ0n) is 12.7. The molecule has 1 aromatic carbocycles. The first-order valence-electron chi connectivity index (χ1n) is 7.58. The molecule has 1 aromatic rings. The van der Waals surface area contributed by atoms with Crippen LogP contribution < -0.4 is 5.32 Å². The largest absolute Gasteiger partial charge is 0.394 e. The lowest BCUT2D eigenvalue weighted by atomic mass is 10.0. The Hall–Kier alpha value is -1.92. The molecule has 6 heteroatoms. The van der Waals surface area contributed by atoms with Crippen molar-refractivity contribution in [3.05, 3.63) is 35.4 Å². The minimum absolute atomic E-state index is 0.174. The number of carbonyl (C=O) groups is 2. The molecule has 2 saturated heterocycles. The van der Waals surface area contributed by atoms with Crippen molar-refractivity contribution in [3.8, 4) is 0 Å². The van der Waals surface area contributed by atoms with E-state index < -0.39 is 12.1 Å². The van der Waals surface area contributed by atoms with Gasteiger partial charge in [-0.05, 0) is 12.5 Å². The number of aryl methyl sites for hydroxylation is 1. The van der Waals surface area contributed by atoms with Gasteiger partial charge >= 0.3 is 0 Å². The summed E-state index contributed by atoms with van der Waals surface area (Å²) in [5.41, 5.74) is 2.43. The molecule has 118 valence electrons. The number of aliphatic hydroxyl groups is 1. The molecular weight excluding hydrogens is 282 g/mol. The van der Waals surface area contributed by atoms with E-state index in [0.717, 1.165) is 13.1 Å². The number of fused-ring (bicyclic) bond motifs is 1. The van der Waals surface area contributed by atoms with Crippen molar-refractivity contribution in [2.24, 2.45) is 0 Å². The van der Waals surface area contributed by atoms with Crippen molar-refractivity contribution in [1.82, 2.24) is 15.1 Å². The third-order valence-electron chi connectivity index (χ3n) is 4.34. The molecule has 2 atom stereocenters. The van der Waals surface area contributed by atoms with Gasteiger partial charge in [0.05, 0.1) is 6.61 Å². The van der Waals surface area contributed by atoms with E-state index in [1.807, 2.05) is 6.07 Å². The summed E-state index contributed by atoms with van der Waals surface area (Å²) in [5.74, 6) is -0.352. The van der Waals surface area contributed by atoms with Gasteiger partial charge in [0.25, 0.3) is 0 Å². The average molecular weight is 303 g/mol. The van der Waals surface area contributed by atoms with Gasteiger partial charge in [0.15, 0.2) is 0 Å². The summed E-state index contributed by atoms with van der Waals surface area (Å²) in [6.07, 6.45) is 0. The molecular formula is C16H21N3O3. The second kappa shape index (κ2) is 6.06. The lowest BCUT2D eigenvalue weighted by molar-refractivity contribution is -0.154. The average Bonchev–Trinajstić information content (AvgIpc) is 2.51. The van der Waals surface area contributed by atoms with E-state index in [0.29, 0.717) is 13.1 Å². The Morgan fingerprint density at radius 2 is 2.14 bits per heavy atom. The molecule has 6 nitrogen and oxygen atoms in total. The molecule has 2 fully saturated rings. The summed E-state index contributed by atoms with van der Waals surface area (Å²) < 4.78 is 0. The van der Waals surface area contributed by atoms with Gasteiger partial charge in [-0.1, -0.05) is 29.8 Å². The van der Waals surface area contributed by atoms with E-state index in [4.69, 9.17) is 5.11 Å². The number of rotatable bonds is 3. The maximum absolute atomic E-state index is 12.2. The highest BCUT2D eigenvalue weighted by Crippen LogP contribution is 2.18. The van der Waals surface area contributed by atoms with E-state index >= 15 is 0 Å². The van der Waals surface area contributed by atoms with Gasteiger partial charge in [0, 0.05) is 26.2 Å². The van der Waals surface area contributed by atoms with Crippen LogP contribution in [0.1, 0.15) is 11.1 Å². The first-order valence-corrected chi connectivity index (χ1v) is 7.58. The van der Waals surface area contributed by atoms with Crippen LogP contribution in [0.5, 0.6) is 0 Å². The zero-order chi connectivity index (χ0) is 15.7. The van der Waals surface area contributed by atoms with Crippen LogP contribution >= 0.6 is 0 Å². The third-order valence-corrected chi connectivity index (χ3v) is 4.34. The predicted octanol–water partition coefficient (Wildman–Crippen LogP) is -0.501. The number of carbonyl (C=O) groups excluding carboxylic acids is 2. The summed E-state index contributed by atoms with van der Waals surface area (Å²) in [6.45, 7) is 4.28. The molecule has 0 radical (unpaired) electrons. The van der Waals surface area contributed by atoms with Crippen LogP contribution in [0.2, 0.25) is 0 Å². The van der Waals surface area contributed by atoms with Gasteiger partial charge in [-0.25, -0.2) is 0 Å². The number of nitrogens with one attached hydrogen (secondary N) is 1. The Bertz CT molecular complexity index is 590. The first-order chi connectivity index (χ1) is 10.6. The molecule has 22 heavy (non-hydrogen) atoms. The summed E-state index contributed by atoms with van der Waals surface area (Å²) in [5, 5.41) is 11.8. The molecule has 0 bridgehead atoms. The van der Waals surface area contributed by atoms with Crippen molar-refractivity contribution in [1.29, 1.82) is 0 Å². The first kappa shape index (κ1) is 15.0. The van der Waals surface area contributed by atoms with Gasteiger partial charge in [-0.15, -0.1) is 0 Å². The van der Waals surface area contributed by atoms with Crippen LogP contribution in [0.25, 0.3) is 0 Å². The van der Waals surface area contributed by atoms with Crippen molar-refractivity contribution in [2.75, 3.05) is 26.2 Å². The van der Waals surface area contributed by atoms with Gasteiger partial charge in [-0.2, -0.15) is 0 Å². The van der Waals surface area contributed by atoms with Gasteiger partial charge < -0.3 is 15.3 Å². The number of piperazine rings is 2. The van der Waals surface area contributed by atoms with Crippen LogP contribution in [0, 0.1) is 6.92 Å². The SMILES string of the molecule is Cc1cccc(CN2CCN3C(=O)[C@@H](CO)NC(=O)[C@H]3C2)c1. The highest BCUT2D eigenvalue weighted by Gasteiger charge is 2.42. The van der Waals surface area contributed by atoms with Crippen molar-refractivity contribution in [2.45, 2.75) is 25.6 Å². The van der Waals surface area contributed by atoms with E-state index in [9.17, 15) is 9.59 Å². The summed E-state index contributed by atoms with van der Waals surface area (Å²) in [7, 11) is 0. The molecule has 2 aliphatic rings. The Balaban J connectivity index is 1.68. The smallest absolute Gasteiger partial charge is 0.248 e. The maximum atomic E-state index is 12.2. The predicted molar refractivity (Wildman–Crippen MR) is 81.0 cm³/mol.